The van der Waals surface area contributed by atoms with Gasteiger partial charge in [0.15, 0.2) is 0 Å². The van der Waals surface area contributed by atoms with Crippen molar-refractivity contribution in [1.82, 2.24) is 9.88 Å². The van der Waals surface area contributed by atoms with Crippen LogP contribution in [0.1, 0.15) is 23.0 Å². The molecule has 1 aromatic rings. The van der Waals surface area contributed by atoms with Crippen LogP contribution >= 0.6 is 0 Å². The van der Waals surface area contributed by atoms with Crippen molar-refractivity contribution in [2.24, 2.45) is 0 Å². The number of nitrogens with one attached hydrogen (secondary N) is 1. The molecule has 1 aromatic heterocycles. The molecule has 2 rings (SSSR count). The van der Waals surface area contributed by atoms with Gasteiger partial charge in [-0.15, -0.1) is 0 Å². The number of ether oxygens (including phenoxy) is 1. The number of hydrogen-bond acceptors (Lipinski definition) is 4. The largest absolute Gasteiger partial charge is 0.377 e. The van der Waals surface area contributed by atoms with Crippen molar-refractivity contribution >= 4 is 11.7 Å². The third-order valence-corrected chi connectivity index (χ3v) is 3.09. The van der Waals surface area contributed by atoms with Gasteiger partial charge in [0.2, 0.25) is 0 Å². The lowest BCUT2D eigenvalue weighted by atomic mass is 10.1. The van der Waals surface area contributed by atoms with Gasteiger partial charge in [-0.25, -0.2) is 4.98 Å². The molecule has 5 nitrogen and oxygen atoms in total. The average Bonchev–Trinajstić information content (AvgIpc) is 2.37. The summed E-state index contributed by atoms with van der Waals surface area (Å²) in [5.74, 6) is 0.770. The van der Waals surface area contributed by atoms with Crippen molar-refractivity contribution < 1.29 is 9.53 Å². The van der Waals surface area contributed by atoms with Gasteiger partial charge in [0.1, 0.15) is 5.82 Å². The molecule has 18 heavy (non-hydrogen) atoms. The first kappa shape index (κ1) is 12.8. The number of carbonyl (C=O) groups excluding carboxylic acids is 1. The monoisotopic (exact) mass is 249 g/mol. The fraction of sp³-hybridized carbons (Fsp3) is 0.538. The summed E-state index contributed by atoms with van der Waals surface area (Å²) in [5.41, 5.74) is 1.52. The van der Waals surface area contributed by atoms with Crippen molar-refractivity contribution in [3.63, 3.8) is 0 Å². The molecule has 2 heterocycles. The lowest BCUT2D eigenvalue weighted by molar-refractivity contribution is 0.00359. The summed E-state index contributed by atoms with van der Waals surface area (Å²) in [4.78, 5) is 18.6. The topological polar surface area (TPSA) is 54.5 Å². The van der Waals surface area contributed by atoms with E-state index in [1.165, 1.54) is 0 Å². The van der Waals surface area contributed by atoms with Crippen molar-refractivity contribution in [1.29, 1.82) is 0 Å². The molecular formula is C13H19N3O2. The Labute approximate surface area is 107 Å². The quantitative estimate of drug-likeness (QED) is 0.858. The van der Waals surface area contributed by atoms with Crippen molar-refractivity contribution in [3.8, 4) is 0 Å². The number of nitrogens with zero attached hydrogens (tertiary/aromatic N) is 2. The second-order valence-corrected chi connectivity index (χ2v) is 4.55. The smallest absolute Gasteiger partial charge is 0.254 e. The minimum Gasteiger partial charge on any atom is -0.377 e. The summed E-state index contributed by atoms with van der Waals surface area (Å²) in [6.45, 7) is 5.76. The predicted octanol–water partition coefficient (Wildman–Crippen LogP) is 1.29. The lowest BCUT2D eigenvalue weighted by Crippen LogP contribution is -2.47. The molecule has 1 fully saturated rings. The maximum atomic E-state index is 12.4. The van der Waals surface area contributed by atoms with Crippen LogP contribution < -0.4 is 5.32 Å². The summed E-state index contributed by atoms with van der Waals surface area (Å²) in [6, 6.07) is 3.74. The van der Waals surface area contributed by atoms with Gasteiger partial charge in [-0.3, -0.25) is 4.79 Å². The minimum atomic E-state index is 0.0489. The SMILES string of the molecule is CNc1cc(C(=O)N2CCOCC2C)cc(C)n1. The van der Waals surface area contributed by atoms with Gasteiger partial charge < -0.3 is 15.0 Å². The van der Waals surface area contributed by atoms with Gasteiger partial charge in [0.25, 0.3) is 5.91 Å². The summed E-state index contributed by atoms with van der Waals surface area (Å²) < 4.78 is 5.35. The minimum absolute atomic E-state index is 0.0489. The Morgan fingerprint density at radius 3 is 3.00 bits per heavy atom. The molecule has 1 aliphatic heterocycles. The first-order valence-electron chi connectivity index (χ1n) is 6.17. The number of aryl methyl sites for hydroxylation is 1. The van der Waals surface area contributed by atoms with Gasteiger partial charge in [-0.1, -0.05) is 0 Å². The van der Waals surface area contributed by atoms with E-state index in [0.29, 0.717) is 25.3 Å². The Kier molecular flexibility index (Phi) is 3.81. The second-order valence-electron chi connectivity index (χ2n) is 4.55. The Hall–Kier alpha value is -1.62. The summed E-state index contributed by atoms with van der Waals surface area (Å²) in [6.07, 6.45) is 0. The van der Waals surface area contributed by atoms with Crippen LogP contribution in [0.4, 0.5) is 5.82 Å². The highest BCUT2D eigenvalue weighted by Gasteiger charge is 2.25. The van der Waals surface area contributed by atoms with Crippen LogP contribution in [0.5, 0.6) is 0 Å². The van der Waals surface area contributed by atoms with E-state index in [1.807, 2.05) is 24.8 Å². The number of carbonyl (C=O) groups is 1. The highest BCUT2D eigenvalue weighted by Crippen LogP contribution is 2.15. The first-order valence-corrected chi connectivity index (χ1v) is 6.17. The van der Waals surface area contributed by atoms with Gasteiger partial charge in [-0.2, -0.15) is 0 Å². The Morgan fingerprint density at radius 1 is 1.56 bits per heavy atom. The van der Waals surface area contributed by atoms with Crippen LogP contribution in [0, 0.1) is 6.92 Å². The van der Waals surface area contributed by atoms with Crippen LogP contribution in [-0.2, 0) is 4.74 Å². The van der Waals surface area contributed by atoms with E-state index in [1.54, 1.807) is 13.1 Å². The lowest BCUT2D eigenvalue weighted by Gasteiger charge is -2.33. The van der Waals surface area contributed by atoms with Crippen LogP contribution in [-0.4, -0.2) is 48.6 Å². The molecule has 0 saturated carbocycles. The number of aromatic nitrogens is 1. The third-order valence-electron chi connectivity index (χ3n) is 3.09. The van der Waals surface area contributed by atoms with E-state index < -0.39 is 0 Å². The number of amides is 1. The fourth-order valence-electron chi connectivity index (χ4n) is 2.11. The van der Waals surface area contributed by atoms with Crippen LogP contribution in [0.2, 0.25) is 0 Å². The number of rotatable bonds is 2. The zero-order chi connectivity index (χ0) is 13.1. The molecule has 0 bridgehead atoms. The third kappa shape index (κ3) is 2.61. The van der Waals surface area contributed by atoms with Gasteiger partial charge in [0.05, 0.1) is 19.3 Å². The number of morpholine rings is 1. The molecule has 1 N–H and O–H groups in total. The van der Waals surface area contributed by atoms with Gasteiger partial charge >= 0.3 is 0 Å². The predicted molar refractivity (Wildman–Crippen MR) is 69.8 cm³/mol. The molecular weight excluding hydrogens is 230 g/mol. The van der Waals surface area contributed by atoms with E-state index in [4.69, 9.17) is 4.74 Å². The van der Waals surface area contributed by atoms with Crippen molar-refractivity contribution in [3.05, 3.63) is 23.4 Å². The first-order chi connectivity index (χ1) is 8.61. The van der Waals surface area contributed by atoms with Crippen molar-refractivity contribution in [2.75, 3.05) is 32.1 Å². The fourth-order valence-corrected chi connectivity index (χ4v) is 2.11. The molecule has 1 unspecified atom stereocenters. The molecule has 1 saturated heterocycles. The Morgan fingerprint density at radius 2 is 2.33 bits per heavy atom. The van der Waals surface area contributed by atoms with Crippen LogP contribution in [0.3, 0.4) is 0 Å². The highest BCUT2D eigenvalue weighted by molar-refractivity contribution is 5.95. The Balaban J connectivity index is 2.24. The number of hydrogen-bond donors (Lipinski definition) is 1. The molecule has 0 spiro atoms. The van der Waals surface area contributed by atoms with E-state index in [2.05, 4.69) is 10.3 Å². The second kappa shape index (κ2) is 5.35. The van der Waals surface area contributed by atoms with Gasteiger partial charge in [-0.05, 0) is 26.0 Å². The molecule has 98 valence electrons. The molecule has 0 aromatic carbocycles. The van der Waals surface area contributed by atoms with E-state index >= 15 is 0 Å². The van der Waals surface area contributed by atoms with Crippen molar-refractivity contribution in [2.45, 2.75) is 19.9 Å². The molecule has 1 aliphatic rings. The van der Waals surface area contributed by atoms with Crippen LogP contribution in [0.15, 0.2) is 12.1 Å². The average molecular weight is 249 g/mol. The summed E-state index contributed by atoms with van der Waals surface area (Å²) >= 11 is 0. The standard InChI is InChI=1S/C13H19N3O2/c1-9-6-11(7-12(14-3)15-9)13(17)16-4-5-18-8-10(16)2/h6-7,10H,4-5,8H2,1-3H3,(H,14,15). The maximum absolute atomic E-state index is 12.4. The van der Waals surface area contributed by atoms with Crippen LogP contribution in [0.25, 0.3) is 0 Å². The zero-order valence-electron chi connectivity index (χ0n) is 11.1. The molecule has 0 aliphatic carbocycles. The van der Waals surface area contributed by atoms with Gasteiger partial charge in [0, 0.05) is 24.8 Å². The summed E-state index contributed by atoms with van der Waals surface area (Å²) in [7, 11) is 1.80. The van der Waals surface area contributed by atoms with E-state index in [-0.39, 0.29) is 11.9 Å². The number of anilines is 1. The molecule has 5 heteroatoms. The molecule has 1 atom stereocenters. The summed E-state index contributed by atoms with van der Waals surface area (Å²) in [5, 5.41) is 2.97. The highest BCUT2D eigenvalue weighted by atomic mass is 16.5. The molecule has 1 amide bonds. The normalized spacial score (nSPS) is 19.7. The Bertz CT molecular complexity index is 448. The van der Waals surface area contributed by atoms with E-state index in [9.17, 15) is 4.79 Å². The zero-order valence-corrected chi connectivity index (χ0v) is 11.1. The maximum Gasteiger partial charge on any atom is 0.254 e. The van der Waals surface area contributed by atoms with E-state index in [0.717, 1.165) is 11.5 Å². The molecule has 0 radical (unpaired) electrons. The number of pyridine rings is 1.